The normalized spacial score (nSPS) is 15.3. The lowest BCUT2D eigenvalue weighted by atomic mass is 10.1. The molecule has 1 saturated heterocycles. The molecule has 6 nitrogen and oxygen atoms in total. The lowest BCUT2D eigenvalue weighted by Gasteiger charge is -2.35. The standard InChI is InChI=1S/C21H30N4O2/c1-5-24(6-2)19(26)14-23-10-12-25(13-11-23)21(27)18-9-7-8-17-15(3)16(4)22-20(17)18/h7-9,22H,5-6,10-14H2,1-4H3. The second-order valence-electron chi connectivity index (χ2n) is 7.24. The van der Waals surface area contributed by atoms with Crippen LogP contribution < -0.4 is 0 Å². The number of nitrogens with zero attached hydrogens (tertiary/aromatic N) is 3. The van der Waals surface area contributed by atoms with Gasteiger partial charge < -0.3 is 14.8 Å². The molecule has 1 N–H and O–H groups in total. The Hall–Kier alpha value is -2.34. The summed E-state index contributed by atoms with van der Waals surface area (Å²) in [4.78, 5) is 34.6. The number of hydrogen-bond acceptors (Lipinski definition) is 3. The topological polar surface area (TPSA) is 59.7 Å². The highest BCUT2D eigenvalue weighted by atomic mass is 16.2. The van der Waals surface area contributed by atoms with Crippen molar-refractivity contribution in [2.75, 3.05) is 45.8 Å². The van der Waals surface area contributed by atoms with Gasteiger partial charge >= 0.3 is 0 Å². The van der Waals surface area contributed by atoms with Crippen molar-refractivity contribution in [2.45, 2.75) is 27.7 Å². The zero-order chi connectivity index (χ0) is 19.6. The third kappa shape index (κ3) is 3.86. The number of rotatable bonds is 5. The summed E-state index contributed by atoms with van der Waals surface area (Å²) in [6, 6.07) is 5.91. The molecule has 27 heavy (non-hydrogen) atoms. The van der Waals surface area contributed by atoms with E-state index in [-0.39, 0.29) is 11.8 Å². The number of aromatic amines is 1. The summed E-state index contributed by atoms with van der Waals surface area (Å²) in [7, 11) is 0. The Morgan fingerprint density at radius 1 is 1.07 bits per heavy atom. The Bertz CT molecular complexity index is 830. The summed E-state index contributed by atoms with van der Waals surface area (Å²) in [6.07, 6.45) is 0. The van der Waals surface area contributed by atoms with Crippen LogP contribution in [0.15, 0.2) is 18.2 Å². The second kappa shape index (κ2) is 8.13. The van der Waals surface area contributed by atoms with Crippen molar-refractivity contribution in [2.24, 2.45) is 0 Å². The van der Waals surface area contributed by atoms with Crippen molar-refractivity contribution >= 4 is 22.7 Å². The van der Waals surface area contributed by atoms with E-state index in [1.807, 2.05) is 42.7 Å². The third-order valence-corrected chi connectivity index (χ3v) is 5.71. The van der Waals surface area contributed by atoms with Crippen LogP contribution in [0.5, 0.6) is 0 Å². The van der Waals surface area contributed by atoms with Gasteiger partial charge in [0.15, 0.2) is 0 Å². The number of benzene rings is 1. The van der Waals surface area contributed by atoms with Crippen molar-refractivity contribution in [1.82, 2.24) is 19.7 Å². The molecule has 3 rings (SSSR count). The monoisotopic (exact) mass is 370 g/mol. The predicted octanol–water partition coefficient (Wildman–Crippen LogP) is 2.41. The van der Waals surface area contributed by atoms with Gasteiger partial charge in [-0.05, 0) is 39.3 Å². The molecule has 1 aromatic carbocycles. The Morgan fingerprint density at radius 2 is 1.74 bits per heavy atom. The maximum absolute atomic E-state index is 13.1. The molecule has 1 aliphatic rings. The molecule has 2 aromatic rings. The van der Waals surface area contributed by atoms with Gasteiger partial charge in [-0.15, -0.1) is 0 Å². The molecular formula is C21H30N4O2. The zero-order valence-corrected chi connectivity index (χ0v) is 16.8. The number of likely N-dealkylation sites (N-methyl/N-ethyl adjacent to an activating group) is 1. The van der Waals surface area contributed by atoms with Crippen molar-refractivity contribution in [3.8, 4) is 0 Å². The highest BCUT2D eigenvalue weighted by Gasteiger charge is 2.25. The molecule has 0 unspecified atom stereocenters. The maximum Gasteiger partial charge on any atom is 0.256 e. The Balaban J connectivity index is 1.66. The summed E-state index contributed by atoms with van der Waals surface area (Å²) >= 11 is 0. The van der Waals surface area contributed by atoms with Gasteiger partial charge in [-0.1, -0.05) is 12.1 Å². The predicted molar refractivity (Wildman–Crippen MR) is 108 cm³/mol. The number of piperazine rings is 1. The number of aryl methyl sites for hydroxylation is 2. The van der Waals surface area contributed by atoms with E-state index >= 15 is 0 Å². The number of para-hydroxylation sites is 1. The van der Waals surface area contributed by atoms with Gasteiger partial charge in [0.1, 0.15) is 0 Å². The van der Waals surface area contributed by atoms with Crippen molar-refractivity contribution in [1.29, 1.82) is 0 Å². The fraction of sp³-hybridized carbons (Fsp3) is 0.524. The summed E-state index contributed by atoms with van der Waals surface area (Å²) in [5, 5.41) is 1.11. The molecule has 2 amide bonds. The molecule has 1 aromatic heterocycles. The molecule has 0 atom stereocenters. The maximum atomic E-state index is 13.1. The van der Waals surface area contributed by atoms with E-state index in [0.29, 0.717) is 19.6 Å². The van der Waals surface area contributed by atoms with Crippen LogP contribution in [-0.2, 0) is 4.79 Å². The summed E-state index contributed by atoms with van der Waals surface area (Å²) < 4.78 is 0. The van der Waals surface area contributed by atoms with Gasteiger partial charge in [0, 0.05) is 50.3 Å². The molecular weight excluding hydrogens is 340 g/mol. The first-order chi connectivity index (χ1) is 13.0. The minimum absolute atomic E-state index is 0.0663. The van der Waals surface area contributed by atoms with Gasteiger partial charge in [-0.2, -0.15) is 0 Å². The number of hydrogen-bond donors (Lipinski definition) is 1. The highest BCUT2D eigenvalue weighted by molar-refractivity contribution is 6.06. The SMILES string of the molecule is CCN(CC)C(=O)CN1CCN(C(=O)c2cccc3c(C)c(C)[nH]c23)CC1. The molecule has 0 radical (unpaired) electrons. The van der Waals surface area contributed by atoms with Crippen LogP contribution in [0.3, 0.4) is 0 Å². The number of carbonyl (C=O) groups is 2. The van der Waals surface area contributed by atoms with E-state index in [2.05, 4.69) is 22.9 Å². The van der Waals surface area contributed by atoms with Crippen LogP contribution in [-0.4, -0.2) is 77.3 Å². The number of carbonyl (C=O) groups excluding carboxylic acids is 2. The number of fused-ring (bicyclic) bond motifs is 1. The lowest BCUT2D eigenvalue weighted by Crippen LogP contribution is -2.51. The molecule has 6 heteroatoms. The molecule has 0 bridgehead atoms. The molecule has 1 aliphatic heterocycles. The Kier molecular flexibility index (Phi) is 5.85. The largest absolute Gasteiger partial charge is 0.358 e. The van der Waals surface area contributed by atoms with E-state index < -0.39 is 0 Å². The molecule has 1 fully saturated rings. The summed E-state index contributed by atoms with van der Waals surface area (Å²) in [5.74, 6) is 0.235. The molecule has 0 aliphatic carbocycles. The van der Waals surface area contributed by atoms with Crippen LogP contribution >= 0.6 is 0 Å². The molecule has 0 spiro atoms. The van der Waals surface area contributed by atoms with Gasteiger partial charge in [0.2, 0.25) is 5.91 Å². The van der Waals surface area contributed by atoms with Gasteiger partial charge in [-0.3, -0.25) is 14.5 Å². The molecule has 0 saturated carbocycles. The average molecular weight is 370 g/mol. The second-order valence-corrected chi connectivity index (χ2v) is 7.24. The van der Waals surface area contributed by atoms with E-state index in [4.69, 9.17) is 0 Å². The smallest absolute Gasteiger partial charge is 0.256 e. The van der Waals surface area contributed by atoms with Crippen molar-refractivity contribution < 1.29 is 9.59 Å². The van der Waals surface area contributed by atoms with Gasteiger partial charge in [0.05, 0.1) is 17.6 Å². The average Bonchev–Trinajstić information content (AvgIpc) is 2.97. The summed E-state index contributed by atoms with van der Waals surface area (Å²) in [5.41, 5.74) is 3.96. The van der Waals surface area contributed by atoms with E-state index in [1.165, 1.54) is 5.56 Å². The first-order valence-corrected chi connectivity index (χ1v) is 9.83. The fourth-order valence-electron chi connectivity index (χ4n) is 3.81. The van der Waals surface area contributed by atoms with Crippen molar-refractivity contribution in [3.63, 3.8) is 0 Å². The Labute approximate surface area is 161 Å². The third-order valence-electron chi connectivity index (χ3n) is 5.71. The highest BCUT2D eigenvalue weighted by Crippen LogP contribution is 2.25. The minimum atomic E-state index is 0.0663. The van der Waals surface area contributed by atoms with Crippen LogP contribution in [0.4, 0.5) is 0 Å². The van der Waals surface area contributed by atoms with E-state index in [0.717, 1.165) is 48.3 Å². The minimum Gasteiger partial charge on any atom is -0.358 e. The lowest BCUT2D eigenvalue weighted by molar-refractivity contribution is -0.132. The van der Waals surface area contributed by atoms with E-state index in [1.54, 1.807) is 0 Å². The van der Waals surface area contributed by atoms with Gasteiger partial charge in [-0.25, -0.2) is 0 Å². The number of nitrogens with one attached hydrogen (secondary N) is 1. The van der Waals surface area contributed by atoms with Crippen molar-refractivity contribution in [3.05, 3.63) is 35.0 Å². The first-order valence-electron chi connectivity index (χ1n) is 9.83. The number of H-pyrrole nitrogens is 1. The number of aromatic nitrogens is 1. The van der Waals surface area contributed by atoms with Gasteiger partial charge in [0.25, 0.3) is 5.91 Å². The fourth-order valence-corrected chi connectivity index (χ4v) is 3.81. The first kappa shape index (κ1) is 19.4. The molecule has 2 heterocycles. The Morgan fingerprint density at radius 3 is 2.37 bits per heavy atom. The van der Waals surface area contributed by atoms with Crippen LogP contribution in [0.2, 0.25) is 0 Å². The van der Waals surface area contributed by atoms with Crippen LogP contribution in [0.25, 0.3) is 10.9 Å². The number of amides is 2. The van der Waals surface area contributed by atoms with Crippen LogP contribution in [0.1, 0.15) is 35.5 Å². The quantitative estimate of drug-likeness (QED) is 0.879. The zero-order valence-electron chi connectivity index (χ0n) is 16.8. The van der Waals surface area contributed by atoms with E-state index in [9.17, 15) is 9.59 Å². The molecule has 146 valence electrons. The summed E-state index contributed by atoms with van der Waals surface area (Å²) in [6.45, 7) is 12.8. The van der Waals surface area contributed by atoms with Crippen LogP contribution in [0, 0.1) is 13.8 Å².